The van der Waals surface area contributed by atoms with E-state index in [0.29, 0.717) is 5.92 Å². The third-order valence-corrected chi connectivity index (χ3v) is 5.10. The Labute approximate surface area is 134 Å². The van der Waals surface area contributed by atoms with E-state index >= 15 is 0 Å². The van der Waals surface area contributed by atoms with Crippen molar-refractivity contribution in [3.05, 3.63) is 35.4 Å². The molecule has 1 aliphatic rings. The lowest BCUT2D eigenvalue weighted by Crippen LogP contribution is -2.20. The van der Waals surface area contributed by atoms with E-state index in [9.17, 15) is 4.79 Å². The molecular weight excluding hydrogens is 272 g/mol. The minimum absolute atomic E-state index is 0.112. The minimum Gasteiger partial charge on any atom is -0.481 e. The number of carboxylic acid groups (broad SMARTS) is 1. The van der Waals surface area contributed by atoms with Crippen LogP contribution in [0.4, 0.5) is 0 Å². The number of aryl methyl sites for hydroxylation is 1. The lowest BCUT2D eigenvalue weighted by Gasteiger charge is -2.26. The molecule has 122 valence electrons. The highest BCUT2D eigenvalue weighted by atomic mass is 16.4. The molecule has 1 aliphatic carbocycles. The Morgan fingerprint density at radius 3 is 2.23 bits per heavy atom. The number of carboxylic acids is 1. The summed E-state index contributed by atoms with van der Waals surface area (Å²) in [4.78, 5) is 11.0. The second kappa shape index (κ2) is 8.97. The first kappa shape index (κ1) is 17.1. The summed E-state index contributed by atoms with van der Waals surface area (Å²) in [5, 5.41) is 9.07. The van der Waals surface area contributed by atoms with Crippen LogP contribution in [0.15, 0.2) is 24.3 Å². The first-order chi connectivity index (χ1) is 10.7. The number of hydrogen-bond donors (Lipinski definition) is 1. The zero-order valence-corrected chi connectivity index (χ0v) is 13.9. The highest BCUT2D eigenvalue weighted by Gasteiger charge is 2.26. The van der Waals surface area contributed by atoms with Crippen molar-refractivity contribution in [2.24, 2.45) is 5.92 Å². The molecule has 0 aromatic heterocycles. The second-order valence-electron chi connectivity index (χ2n) is 6.79. The molecular formula is C20H30O2. The maximum absolute atomic E-state index is 11.0. The lowest BCUT2D eigenvalue weighted by molar-refractivity contribution is -0.142. The second-order valence-corrected chi connectivity index (χ2v) is 6.79. The summed E-state index contributed by atoms with van der Waals surface area (Å²) in [7, 11) is 0. The SMILES string of the molecule is CCCCCCCc1ccc(C2CCC(C(=O)O)CC2)cc1. The van der Waals surface area contributed by atoms with Crippen LogP contribution in [-0.2, 0) is 11.2 Å². The van der Waals surface area contributed by atoms with Gasteiger partial charge in [0.15, 0.2) is 0 Å². The number of carbonyl (C=O) groups is 1. The molecule has 0 bridgehead atoms. The summed E-state index contributed by atoms with van der Waals surface area (Å²) in [6.45, 7) is 2.25. The molecule has 2 heteroatoms. The van der Waals surface area contributed by atoms with Gasteiger partial charge in [-0.1, -0.05) is 56.9 Å². The van der Waals surface area contributed by atoms with Crippen molar-refractivity contribution in [2.75, 3.05) is 0 Å². The third-order valence-electron chi connectivity index (χ3n) is 5.10. The molecule has 0 heterocycles. The van der Waals surface area contributed by atoms with E-state index in [1.807, 2.05) is 0 Å². The highest BCUT2D eigenvalue weighted by Crippen LogP contribution is 2.35. The fourth-order valence-electron chi connectivity index (χ4n) is 3.56. The largest absolute Gasteiger partial charge is 0.481 e. The predicted octanol–water partition coefficient (Wildman–Crippen LogP) is 5.56. The molecule has 2 nitrogen and oxygen atoms in total. The van der Waals surface area contributed by atoms with Crippen LogP contribution >= 0.6 is 0 Å². The van der Waals surface area contributed by atoms with Crippen molar-refractivity contribution < 1.29 is 9.90 Å². The predicted molar refractivity (Wildman–Crippen MR) is 91.2 cm³/mol. The summed E-state index contributed by atoms with van der Waals surface area (Å²) in [6.07, 6.45) is 11.6. The van der Waals surface area contributed by atoms with Gasteiger partial charge in [0.2, 0.25) is 0 Å². The molecule has 0 aliphatic heterocycles. The first-order valence-corrected chi connectivity index (χ1v) is 9.02. The van der Waals surface area contributed by atoms with Crippen LogP contribution in [-0.4, -0.2) is 11.1 Å². The minimum atomic E-state index is -0.614. The van der Waals surface area contributed by atoms with Gasteiger partial charge in [0.1, 0.15) is 0 Å². The van der Waals surface area contributed by atoms with Crippen LogP contribution in [0, 0.1) is 5.92 Å². The van der Waals surface area contributed by atoms with Gasteiger partial charge in [-0.15, -0.1) is 0 Å². The molecule has 22 heavy (non-hydrogen) atoms. The fraction of sp³-hybridized carbons (Fsp3) is 0.650. The van der Waals surface area contributed by atoms with Gasteiger partial charge in [-0.25, -0.2) is 0 Å². The van der Waals surface area contributed by atoms with Crippen LogP contribution in [0.3, 0.4) is 0 Å². The number of unbranched alkanes of at least 4 members (excludes halogenated alkanes) is 4. The van der Waals surface area contributed by atoms with E-state index in [2.05, 4.69) is 31.2 Å². The average molecular weight is 302 g/mol. The van der Waals surface area contributed by atoms with Crippen LogP contribution in [0.25, 0.3) is 0 Å². The summed E-state index contributed by atoms with van der Waals surface area (Å²) in [5.74, 6) is -0.162. The molecule has 0 radical (unpaired) electrons. The number of rotatable bonds is 8. The Kier molecular flexibility index (Phi) is 6.95. The Morgan fingerprint density at radius 1 is 1.00 bits per heavy atom. The summed E-state index contributed by atoms with van der Waals surface area (Å²) in [6, 6.07) is 9.09. The zero-order valence-electron chi connectivity index (χ0n) is 13.9. The summed E-state index contributed by atoms with van der Waals surface area (Å²) in [5.41, 5.74) is 2.85. The van der Waals surface area contributed by atoms with E-state index in [1.54, 1.807) is 0 Å². The van der Waals surface area contributed by atoms with E-state index in [4.69, 9.17) is 5.11 Å². The molecule has 0 spiro atoms. The Hall–Kier alpha value is -1.31. The smallest absolute Gasteiger partial charge is 0.306 e. The van der Waals surface area contributed by atoms with Gasteiger partial charge in [-0.05, 0) is 55.6 Å². The van der Waals surface area contributed by atoms with Crippen molar-refractivity contribution in [1.82, 2.24) is 0 Å². The quantitative estimate of drug-likeness (QED) is 0.638. The zero-order chi connectivity index (χ0) is 15.8. The maximum Gasteiger partial charge on any atom is 0.306 e. The highest BCUT2D eigenvalue weighted by molar-refractivity contribution is 5.70. The van der Waals surface area contributed by atoms with Crippen molar-refractivity contribution in [3.8, 4) is 0 Å². The Balaban J connectivity index is 1.76. The summed E-state index contributed by atoms with van der Waals surface area (Å²) < 4.78 is 0. The van der Waals surface area contributed by atoms with Gasteiger partial charge in [-0.3, -0.25) is 4.79 Å². The first-order valence-electron chi connectivity index (χ1n) is 9.02. The van der Waals surface area contributed by atoms with Crippen LogP contribution in [0.5, 0.6) is 0 Å². The van der Waals surface area contributed by atoms with E-state index in [-0.39, 0.29) is 5.92 Å². The van der Waals surface area contributed by atoms with Crippen molar-refractivity contribution in [1.29, 1.82) is 0 Å². The molecule has 1 aromatic rings. The molecule has 2 rings (SSSR count). The van der Waals surface area contributed by atoms with Crippen molar-refractivity contribution >= 4 is 5.97 Å². The molecule has 0 saturated heterocycles. The Bertz CT molecular complexity index is 441. The van der Waals surface area contributed by atoms with Gasteiger partial charge in [-0.2, -0.15) is 0 Å². The summed E-state index contributed by atoms with van der Waals surface area (Å²) >= 11 is 0. The van der Waals surface area contributed by atoms with E-state index in [0.717, 1.165) is 25.7 Å². The maximum atomic E-state index is 11.0. The normalized spacial score (nSPS) is 21.7. The Morgan fingerprint density at radius 2 is 1.64 bits per heavy atom. The van der Waals surface area contributed by atoms with Crippen molar-refractivity contribution in [3.63, 3.8) is 0 Å². The average Bonchev–Trinajstić information content (AvgIpc) is 2.55. The van der Waals surface area contributed by atoms with E-state index in [1.165, 1.54) is 49.7 Å². The molecule has 1 aromatic carbocycles. The van der Waals surface area contributed by atoms with Crippen LogP contribution in [0.1, 0.15) is 81.8 Å². The van der Waals surface area contributed by atoms with Gasteiger partial charge < -0.3 is 5.11 Å². The standard InChI is InChI=1S/C20H30O2/c1-2-3-4-5-6-7-16-8-10-17(11-9-16)18-12-14-19(15-13-18)20(21)22/h8-11,18-19H,2-7,12-15H2,1H3,(H,21,22). The molecule has 0 atom stereocenters. The molecule has 1 N–H and O–H groups in total. The molecule has 1 saturated carbocycles. The number of aliphatic carboxylic acids is 1. The number of hydrogen-bond acceptors (Lipinski definition) is 1. The van der Waals surface area contributed by atoms with Crippen molar-refractivity contribution in [2.45, 2.75) is 77.0 Å². The molecule has 0 unspecified atom stereocenters. The molecule has 0 amide bonds. The third kappa shape index (κ3) is 5.15. The van der Waals surface area contributed by atoms with Gasteiger partial charge in [0.05, 0.1) is 5.92 Å². The van der Waals surface area contributed by atoms with Gasteiger partial charge >= 0.3 is 5.97 Å². The lowest BCUT2D eigenvalue weighted by atomic mass is 9.78. The van der Waals surface area contributed by atoms with Crippen LogP contribution < -0.4 is 0 Å². The van der Waals surface area contributed by atoms with Gasteiger partial charge in [0, 0.05) is 0 Å². The van der Waals surface area contributed by atoms with E-state index < -0.39 is 5.97 Å². The fourth-order valence-corrected chi connectivity index (χ4v) is 3.56. The topological polar surface area (TPSA) is 37.3 Å². The monoisotopic (exact) mass is 302 g/mol. The molecule has 1 fully saturated rings. The van der Waals surface area contributed by atoms with Gasteiger partial charge in [0.25, 0.3) is 0 Å². The number of benzene rings is 1. The van der Waals surface area contributed by atoms with Crippen LogP contribution in [0.2, 0.25) is 0 Å².